The number of hydrogen-bond donors (Lipinski definition) is 2. The molecule has 7 nitrogen and oxygen atoms in total. The molecule has 0 fully saturated rings. The van der Waals surface area contributed by atoms with Gasteiger partial charge in [0, 0.05) is 11.1 Å². The van der Waals surface area contributed by atoms with Crippen LogP contribution in [0, 0.1) is 0 Å². The number of aromatic amines is 1. The predicted molar refractivity (Wildman–Crippen MR) is 97.2 cm³/mol. The zero-order valence-corrected chi connectivity index (χ0v) is 14.5. The molecule has 1 amide bonds. The number of aromatic nitrogens is 2. The lowest BCUT2D eigenvalue weighted by molar-refractivity contribution is -0.123. The summed E-state index contributed by atoms with van der Waals surface area (Å²) in [4.78, 5) is 24.5. The van der Waals surface area contributed by atoms with Gasteiger partial charge in [0.1, 0.15) is 5.75 Å². The van der Waals surface area contributed by atoms with Gasteiger partial charge in [-0.1, -0.05) is 6.07 Å². The van der Waals surface area contributed by atoms with Gasteiger partial charge in [0.15, 0.2) is 6.10 Å². The normalized spacial score (nSPS) is 11.8. The number of nitrogens with one attached hydrogen (secondary N) is 2. The van der Waals surface area contributed by atoms with Gasteiger partial charge in [-0.25, -0.2) is 4.79 Å². The molecule has 3 aromatic rings. The highest BCUT2D eigenvalue weighted by molar-refractivity contribution is 5.98. The van der Waals surface area contributed by atoms with Crippen LogP contribution in [0.2, 0.25) is 0 Å². The van der Waals surface area contributed by atoms with Gasteiger partial charge < -0.3 is 14.8 Å². The van der Waals surface area contributed by atoms with Gasteiger partial charge in [0.2, 0.25) is 0 Å². The Morgan fingerprint density at radius 3 is 2.69 bits per heavy atom. The van der Waals surface area contributed by atoms with Crippen molar-refractivity contribution in [1.29, 1.82) is 0 Å². The molecule has 0 aliphatic carbocycles. The topological polar surface area (TPSA) is 93.3 Å². The van der Waals surface area contributed by atoms with Crippen LogP contribution in [0.15, 0.2) is 48.7 Å². The molecule has 1 atom stereocenters. The summed E-state index contributed by atoms with van der Waals surface area (Å²) in [5, 5.41) is 10.3. The maximum atomic E-state index is 12.2. The van der Waals surface area contributed by atoms with Crippen LogP contribution >= 0.6 is 0 Å². The minimum atomic E-state index is -0.938. The average Bonchev–Trinajstić information content (AvgIpc) is 3.11. The molecule has 0 bridgehead atoms. The summed E-state index contributed by atoms with van der Waals surface area (Å²) >= 11 is 0. The Bertz CT molecular complexity index is 918. The van der Waals surface area contributed by atoms with E-state index in [1.165, 1.54) is 6.92 Å². The van der Waals surface area contributed by atoms with E-state index in [0.717, 1.165) is 16.7 Å². The largest absolute Gasteiger partial charge is 0.494 e. The summed E-state index contributed by atoms with van der Waals surface area (Å²) < 4.78 is 10.6. The van der Waals surface area contributed by atoms with Crippen molar-refractivity contribution < 1.29 is 19.1 Å². The van der Waals surface area contributed by atoms with Gasteiger partial charge in [-0.3, -0.25) is 9.89 Å². The first-order chi connectivity index (χ1) is 12.6. The Kier molecular flexibility index (Phi) is 5.17. The Labute approximate surface area is 150 Å². The second kappa shape index (κ2) is 7.69. The predicted octanol–water partition coefficient (Wildman–Crippen LogP) is 3.15. The highest BCUT2D eigenvalue weighted by Gasteiger charge is 2.19. The SMILES string of the molecule is CCOc1ccc(NC(=O)[C@@H](C)OC(=O)c2ccc3cn[nH]c3c2)cc1. The van der Waals surface area contributed by atoms with Crippen molar-refractivity contribution in [3.05, 3.63) is 54.2 Å². The van der Waals surface area contributed by atoms with Gasteiger partial charge in [0.05, 0.1) is 23.9 Å². The van der Waals surface area contributed by atoms with Crippen molar-refractivity contribution in [3.8, 4) is 5.75 Å². The van der Waals surface area contributed by atoms with Gasteiger partial charge in [-0.15, -0.1) is 0 Å². The van der Waals surface area contributed by atoms with E-state index in [0.29, 0.717) is 17.9 Å². The fourth-order valence-corrected chi connectivity index (χ4v) is 2.39. The number of fused-ring (bicyclic) bond motifs is 1. The molecule has 26 heavy (non-hydrogen) atoms. The lowest BCUT2D eigenvalue weighted by Gasteiger charge is -2.14. The fourth-order valence-electron chi connectivity index (χ4n) is 2.39. The van der Waals surface area contributed by atoms with Crippen molar-refractivity contribution in [2.24, 2.45) is 0 Å². The molecule has 1 aromatic heterocycles. The summed E-state index contributed by atoms with van der Waals surface area (Å²) in [6.45, 7) is 4.00. The number of ether oxygens (including phenoxy) is 2. The molecule has 0 saturated carbocycles. The van der Waals surface area contributed by atoms with Gasteiger partial charge >= 0.3 is 5.97 Å². The Hall–Kier alpha value is -3.35. The number of hydrogen-bond acceptors (Lipinski definition) is 5. The molecule has 0 radical (unpaired) electrons. The number of anilines is 1. The average molecular weight is 353 g/mol. The number of esters is 1. The third kappa shape index (κ3) is 4.00. The van der Waals surface area contributed by atoms with Gasteiger partial charge in [0.25, 0.3) is 5.91 Å². The summed E-state index contributed by atoms with van der Waals surface area (Å²) in [6, 6.07) is 12.0. The molecule has 0 spiro atoms. The molecule has 2 aromatic carbocycles. The molecule has 134 valence electrons. The lowest BCUT2D eigenvalue weighted by atomic mass is 10.2. The van der Waals surface area contributed by atoms with Crippen LogP contribution in [0.1, 0.15) is 24.2 Å². The van der Waals surface area contributed by atoms with Crippen LogP contribution in [0.25, 0.3) is 10.9 Å². The first kappa shape index (κ1) is 17.5. The number of nitrogens with zero attached hydrogens (tertiary/aromatic N) is 1. The van der Waals surface area contributed by atoms with E-state index in [2.05, 4.69) is 15.5 Å². The summed E-state index contributed by atoms with van der Waals surface area (Å²) in [5.74, 6) is -0.264. The van der Waals surface area contributed by atoms with Crippen molar-refractivity contribution in [2.45, 2.75) is 20.0 Å². The van der Waals surface area contributed by atoms with Crippen molar-refractivity contribution in [3.63, 3.8) is 0 Å². The third-order valence-electron chi connectivity index (χ3n) is 3.76. The molecule has 0 saturated heterocycles. The third-order valence-corrected chi connectivity index (χ3v) is 3.76. The standard InChI is InChI=1S/C19H19N3O4/c1-3-25-16-8-6-15(7-9-16)21-18(23)12(2)26-19(24)13-4-5-14-11-20-22-17(14)10-13/h4-12H,3H2,1-2H3,(H,20,22)(H,21,23)/t12-/m1/s1. The number of H-pyrrole nitrogens is 1. The Morgan fingerprint density at radius 1 is 1.19 bits per heavy atom. The smallest absolute Gasteiger partial charge is 0.338 e. The highest BCUT2D eigenvalue weighted by Crippen LogP contribution is 2.17. The van der Waals surface area contributed by atoms with E-state index in [1.807, 2.05) is 6.92 Å². The maximum Gasteiger partial charge on any atom is 0.338 e. The number of rotatable bonds is 6. The van der Waals surface area contributed by atoms with E-state index in [9.17, 15) is 9.59 Å². The van der Waals surface area contributed by atoms with Crippen molar-refractivity contribution in [1.82, 2.24) is 10.2 Å². The summed E-state index contributed by atoms with van der Waals surface area (Å²) in [6.07, 6.45) is 0.726. The number of amides is 1. The first-order valence-electron chi connectivity index (χ1n) is 8.24. The van der Waals surface area contributed by atoms with Gasteiger partial charge in [-0.05, 0) is 50.2 Å². The highest BCUT2D eigenvalue weighted by atomic mass is 16.5. The maximum absolute atomic E-state index is 12.2. The summed E-state index contributed by atoms with van der Waals surface area (Å²) in [7, 11) is 0. The Balaban J connectivity index is 1.60. The zero-order valence-electron chi connectivity index (χ0n) is 14.5. The molecule has 0 aliphatic heterocycles. The number of carbonyl (C=O) groups is 2. The van der Waals surface area contributed by atoms with Crippen LogP contribution < -0.4 is 10.1 Å². The van der Waals surface area contributed by atoms with Crippen molar-refractivity contribution in [2.75, 3.05) is 11.9 Å². The molecular weight excluding hydrogens is 334 g/mol. The molecule has 3 rings (SSSR count). The van der Waals surface area contributed by atoms with E-state index >= 15 is 0 Å². The zero-order chi connectivity index (χ0) is 18.5. The summed E-state index contributed by atoms with van der Waals surface area (Å²) in [5.41, 5.74) is 1.67. The second-order valence-electron chi connectivity index (χ2n) is 5.67. The van der Waals surface area contributed by atoms with Crippen LogP contribution in [0.4, 0.5) is 5.69 Å². The molecule has 0 aliphatic rings. The van der Waals surface area contributed by atoms with Crippen LogP contribution in [-0.2, 0) is 9.53 Å². The minimum Gasteiger partial charge on any atom is -0.494 e. The van der Waals surface area contributed by atoms with Crippen molar-refractivity contribution >= 4 is 28.5 Å². The van der Waals surface area contributed by atoms with Crippen LogP contribution in [0.5, 0.6) is 5.75 Å². The number of carbonyl (C=O) groups excluding carboxylic acids is 2. The monoisotopic (exact) mass is 353 g/mol. The van der Waals surface area contributed by atoms with Crippen LogP contribution in [-0.4, -0.2) is 34.8 Å². The molecule has 7 heteroatoms. The van der Waals surface area contributed by atoms with E-state index < -0.39 is 18.0 Å². The molecular formula is C19H19N3O4. The fraction of sp³-hybridized carbons (Fsp3) is 0.211. The van der Waals surface area contributed by atoms with E-state index in [4.69, 9.17) is 9.47 Å². The Morgan fingerprint density at radius 2 is 1.96 bits per heavy atom. The molecule has 2 N–H and O–H groups in total. The minimum absolute atomic E-state index is 0.350. The molecule has 0 unspecified atom stereocenters. The van der Waals surface area contributed by atoms with Crippen LogP contribution in [0.3, 0.4) is 0 Å². The molecule has 1 heterocycles. The van der Waals surface area contributed by atoms with E-state index in [-0.39, 0.29) is 0 Å². The lowest BCUT2D eigenvalue weighted by Crippen LogP contribution is -2.30. The number of benzene rings is 2. The second-order valence-corrected chi connectivity index (χ2v) is 5.67. The van der Waals surface area contributed by atoms with Gasteiger partial charge in [-0.2, -0.15) is 5.10 Å². The quantitative estimate of drug-likeness (QED) is 0.664. The van der Waals surface area contributed by atoms with E-state index in [1.54, 1.807) is 48.7 Å². The first-order valence-corrected chi connectivity index (χ1v) is 8.24.